The van der Waals surface area contributed by atoms with Crippen molar-refractivity contribution in [2.45, 2.75) is 11.0 Å². The average molecular weight is 405 g/mol. The fraction of sp³-hybridized carbons (Fsp3) is 0.364. The lowest BCUT2D eigenvalue weighted by Gasteiger charge is -2.13. The van der Waals surface area contributed by atoms with Crippen LogP contribution in [0.15, 0.2) is 22.7 Å². The largest absolute Gasteiger partial charge is 0.468 e. The number of nitrogens with one attached hydrogen (secondary N) is 1. The Morgan fingerprint density at radius 1 is 1.42 bits per heavy atom. The van der Waals surface area contributed by atoms with E-state index in [-0.39, 0.29) is 12.2 Å². The van der Waals surface area contributed by atoms with Gasteiger partial charge in [-0.25, -0.2) is 0 Å². The number of carbonyl (C=O) groups is 1. The summed E-state index contributed by atoms with van der Waals surface area (Å²) >= 11 is 6.08. The molecule has 1 aromatic rings. The molecule has 1 aromatic carbocycles. The van der Waals surface area contributed by atoms with Crippen molar-refractivity contribution in [3.05, 3.63) is 28.2 Å². The first-order chi connectivity index (χ1) is 8.74. The van der Waals surface area contributed by atoms with Gasteiger partial charge in [0.1, 0.15) is 4.83 Å². The maximum atomic E-state index is 12.6. The number of methoxy groups -OCH3 is 1. The number of carbonyl (C=O) groups excluding carboxylic acids is 1. The number of anilines is 1. The zero-order valence-corrected chi connectivity index (χ0v) is 12.9. The Morgan fingerprint density at radius 2 is 2.05 bits per heavy atom. The molecule has 0 aromatic heterocycles. The minimum absolute atomic E-state index is 0.112. The summed E-state index contributed by atoms with van der Waals surface area (Å²) in [5, 5.41) is 2.74. The third-order valence-electron chi connectivity index (χ3n) is 2.17. The Kier molecular flexibility index (Phi) is 5.66. The molecule has 1 N–H and O–H groups in total. The molecule has 0 radical (unpaired) electrons. The highest BCUT2D eigenvalue weighted by Gasteiger charge is 2.31. The molecule has 3 nitrogen and oxygen atoms in total. The van der Waals surface area contributed by atoms with E-state index in [4.69, 9.17) is 0 Å². The van der Waals surface area contributed by atoms with Crippen LogP contribution in [0.1, 0.15) is 5.56 Å². The molecule has 0 fully saturated rings. The summed E-state index contributed by atoms with van der Waals surface area (Å²) in [6, 6.07) is 3.45. The van der Waals surface area contributed by atoms with Crippen LogP contribution in [0.25, 0.3) is 0 Å². The van der Waals surface area contributed by atoms with Gasteiger partial charge in [-0.15, -0.1) is 0 Å². The van der Waals surface area contributed by atoms with Crippen molar-refractivity contribution in [1.29, 1.82) is 0 Å². The van der Waals surface area contributed by atoms with Gasteiger partial charge in [0.25, 0.3) is 0 Å². The van der Waals surface area contributed by atoms with Crippen molar-refractivity contribution in [3.63, 3.8) is 0 Å². The van der Waals surface area contributed by atoms with Crippen LogP contribution in [-0.4, -0.2) is 24.5 Å². The minimum Gasteiger partial charge on any atom is -0.468 e. The zero-order chi connectivity index (χ0) is 14.6. The van der Waals surface area contributed by atoms with Gasteiger partial charge < -0.3 is 10.1 Å². The minimum atomic E-state index is -4.42. The van der Waals surface area contributed by atoms with Crippen molar-refractivity contribution in [3.8, 4) is 0 Å². The summed E-state index contributed by atoms with van der Waals surface area (Å²) in [5.41, 5.74) is -0.511. The fourth-order valence-corrected chi connectivity index (χ4v) is 2.12. The maximum Gasteiger partial charge on any atom is 0.416 e. The quantitative estimate of drug-likeness (QED) is 0.612. The molecule has 0 aliphatic heterocycles. The number of rotatable bonds is 4. The number of hydrogen-bond donors (Lipinski definition) is 1. The summed E-state index contributed by atoms with van der Waals surface area (Å²) in [7, 11) is 1.23. The normalized spacial score (nSPS) is 12.9. The van der Waals surface area contributed by atoms with E-state index in [1.807, 2.05) is 0 Å². The van der Waals surface area contributed by atoms with E-state index in [1.54, 1.807) is 0 Å². The van der Waals surface area contributed by atoms with Crippen molar-refractivity contribution < 1.29 is 22.7 Å². The monoisotopic (exact) mass is 403 g/mol. The second-order valence-corrected chi connectivity index (χ2v) is 5.62. The van der Waals surface area contributed by atoms with E-state index in [0.29, 0.717) is 4.47 Å². The van der Waals surface area contributed by atoms with Crippen LogP contribution < -0.4 is 5.32 Å². The average Bonchev–Trinajstić information content (AvgIpc) is 2.33. The molecule has 106 valence electrons. The van der Waals surface area contributed by atoms with Gasteiger partial charge in [0.2, 0.25) is 0 Å². The van der Waals surface area contributed by atoms with Crippen LogP contribution in [0.5, 0.6) is 0 Å². The first-order valence-electron chi connectivity index (χ1n) is 5.07. The summed E-state index contributed by atoms with van der Waals surface area (Å²) in [4.78, 5) is 10.5. The smallest absolute Gasteiger partial charge is 0.416 e. The molecule has 0 saturated carbocycles. The molecule has 0 spiro atoms. The Bertz CT molecular complexity index is 466. The number of ether oxygens (including phenoxy) is 1. The second kappa shape index (κ2) is 6.60. The third-order valence-corrected chi connectivity index (χ3v) is 3.32. The fourth-order valence-electron chi connectivity index (χ4n) is 1.27. The van der Waals surface area contributed by atoms with Crippen LogP contribution in [0.3, 0.4) is 0 Å². The van der Waals surface area contributed by atoms with E-state index < -0.39 is 22.5 Å². The molecule has 0 aliphatic carbocycles. The molecule has 0 saturated heterocycles. The SMILES string of the molecule is COC(=O)C(Br)CNc1cc(Br)cc(C(F)(F)F)c1. The number of esters is 1. The Morgan fingerprint density at radius 3 is 2.58 bits per heavy atom. The molecule has 1 atom stereocenters. The summed E-state index contributed by atoms with van der Waals surface area (Å²) in [6.07, 6.45) is -4.42. The van der Waals surface area contributed by atoms with E-state index in [0.717, 1.165) is 12.1 Å². The van der Waals surface area contributed by atoms with E-state index >= 15 is 0 Å². The first kappa shape index (κ1) is 16.3. The molecule has 1 rings (SSSR count). The van der Waals surface area contributed by atoms with Gasteiger partial charge in [-0.3, -0.25) is 4.79 Å². The molecular weight excluding hydrogens is 395 g/mol. The van der Waals surface area contributed by atoms with E-state index in [1.165, 1.54) is 13.2 Å². The van der Waals surface area contributed by atoms with Gasteiger partial charge in [0.15, 0.2) is 0 Å². The predicted molar refractivity (Wildman–Crippen MR) is 72.4 cm³/mol. The van der Waals surface area contributed by atoms with Gasteiger partial charge in [0, 0.05) is 16.7 Å². The van der Waals surface area contributed by atoms with E-state index in [2.05, 4.69) is 41.9 Å². The van der Waals surface area contributed by atoms with Gasteiger partial charge >= 0.3 is 12.1 Å². The molecule has 0 amide bonds. The predicted octanol–water partition coefficient (Wildman–Crippen LogP) is 3.82. The summed E-state index contributed by atoms with van der Waals surface area (Å²) in [5.74, 6) is -0.501. The summed E-state index contributed by atoms with van der Waals surface area (Å²) in [6.45, 7) is 0.112. The second-order valence-electron chi connectivity index (χ2n) is 3.60. The number of halogens is 5. The van der Waals surface area contributed by atoms with Gasteiger partial charge in [-0.05, 0) is 18.2 Å². The number of hydrogen-bond acceptors (Lipinski definition) is 3. The lowest BCUT2D eigenvalue weighted by atomic mass is 10.2. The standard InChI is InChI=1S/C11H10Br2F3NO2/c1-19-10(18)9(13)5-17-8-3-6(11(14,15)16)2-7(12)4-8/h2-4,9,17H,5H2,1H3. The van der Waals surface area contributed by atoms with Crippen LogP contribution >= 0.6 is 31.9 Å². The Labute approximate surface area is 124 Å². The molecule has 1 unspecified atom stereocenters. The molecule has 0 heterocycles. The lowest BCUT2D eigenvalue weighted by molar-refractivity contribution is -0.139. The third kappa shape index (κ3) is 5.02. The Hall–Kier alpha value is -0.760. The van der Waals surface area contributed by atoms with Gasteiger partial charge in [0.05, 0.1) is 12.7 Å². The van der Waals surface area contributed by atoms with Crippen LogP contribution in [0, 0.1) is 0 Å². The van der Waals surface area contributed by atoms with Crippen molar-refractivity contribution in [2.75, 3.05) is 19.0 Å². The van der Waals surface area contributed by atoms with Crippen LogP contribution in [0.4, 0.5) is 18.9 Å². The highest BCUT2D eigenvalue weighted by molar-refractivity contribution is 9.10. The van der Waals surface area contributed by atoms with Crippen LogP contribution in [0.2, 0.25) is 0 Å². The van der Waals surface area contributed by atoms with Crippen molar-refractivity contribution in [2.24, 2.45) is 0 Å². The summed E-state index contributed by atoms with van der Waals surface area (Å²) < 4.78 is 42.6. The molecule has 8 heteroatoms. The highest BCUT2D eigenvalue weighted by Crippen LogP contribution is 2.33. The lowest BCUT2D eigenvalue weighted by Crippen LogP contribution is -2.24. The Balaban J connectivity index is 2.79. The molecule has 0 bridgehead atoms. The molecular formula is C11H10Br2F3NO2. The van der Waals surface area contributed by atoms with Crippen molar-refractivity contribution in [1.82, 2.24) is 0 Å². The number of alkyl halides is 4. The maximum absolute atomic E-state index is 12.6. The van der Waals surface area contributed by atoms with Crippen LogP contribution in [-0.2, 0) is 15.7 Å². The van der Waals surface area contributed by atoms with Gasteiger partial charge in [-0.2, -0.15) is 13.2 Å². The number of benzene rings is 1. The zero-order valence-electron chi connectivity index (χ0n) is 9.72. The topological polar surface area (TPSA) is 38.3 Å². The van der Waals surface area contributed by atoms with Gasteiger partial charge in [-0.1, -0.05) is 31.9 Å². The van der Waals surface area contributed by atoms with Crippen molar-refractivity contribution >= 4 is 43.5 Å². The molecule has 19 heavy (non-hydrogen) atoms. The van der Waals surface area contributed by atoms with E-state index in [9.17, 15) is 18.0 Å². The highest BCUT2D eigenvalue weighted by atomic mass is 79.9. The molecule has 0 aliphatic rings. The first-order valence-corrected chi connectivity index (χ1v) is 6.78.